The van der Waals surface area contributed by atoms with Gasteiger partial charge in [0.05, 0.1) is 12.1 Å². The maximum atomic E-state index is 11.9. The van der Waals surface area contributed by atoms with Crippen molar-refractivity contribution in [1.29, 1.82) is 0 Å². The molecule has 5 heteroatoms. The lowest BCUT2D eigenvalue weighted by Crippen LogP contribution is -2.29. The Hall–Kier alpha value is -0.780. The van der Waals surface area contributed by atoms with Crippen LogP contribution in [0.4, 0.5) is 0 Å². The van der Waals surface area contributed by atoms with Crippen molar-refractivity contribution in [3.05, 3.63) is 15.6 Å². The molecule has 1 rings (SSSR count). The number of Topliss-reactive ketones (excluding diaryl/α,β-unsaturated/α-hetero) is 1. The largest absolute Gasteiger partial charge is 0.346 e. The van der Waals surface area contributed by atoms with Crippen molar-refractivity contribution >= 4 is 17.1 Å². The first kappa shape index (κ1) is 14.3. The second-order valence-corrected chi connectivity index (χ2v) is 4.92. The Morgan fingerprint density at radius 1 is 1.29 bits per heavy atom. The normalized spacial score (nSPS) is 11.1. The Balaban J connectivity index is 2.62. The van der Waals surface area contributed by atoms with Gasteiger partial charge in [0, 0.05) is 18.1 Å². The SMILES string of the molecule is CCOC(OCC)C(=O)Cc1nc(C)c(C)s1. The average molecular weight is 257 g/mol. The van der Waals surface area contributed by atoms with E-state index in [1.165, 1.54) is 0 Å². The highest BCUT2D eigenvalue weighted by Gasteiger charge is 2.20. The predicted molar refractivity (Wildman–Crippen MR) is 67.3 cm³/mol. The van der Waals surface area contributed by atoms with Crippen LogP contribution in [-0.4, -0.2) is 30.3 Å². The van der Waals surface area contributed by atoms with Crippen LogP contribution in [0, 0.1) is 13.8 Å². The third-order valence-electron chi connectivity index (χ3n) is 2.30. The van der Waals surface area contributed by atoms with Crippen molar-refractivity contribution in [2.45, 2.75) is 40.4 Å². The molecule has 0 saturated heterocycles. The number of rotatable bonds is 7. The van der Waals surface area contributed by atoms with E-state index in [4.69, 9.17) is 9.47 Å². The zero-order chi connectivity index (χ0) is 12.8. The van der Waals surface area contributed by atoms with E-state index < -0.39 is 6.29 Å². The van der Waals surface area contributed by atoms with E-state index in [-0.39, 0.29) is 12.2 Å². The molecular formula is C12H19NO3S. The van der Waals surface area contributed by atoms with Gasteiger partial charge in [0.15, 0.2) is 5.78 Å². The van der Waals surface area contributed by atoms with E-state index in [0.29, 0.717) is 13.2 Å². The highest BCUT2D eigenvalue weighted by atomic mass is 32.1. The van der Waals surface area contributed by atoms with Crippen molar-refractivity contribution in [1.82, 2.24) is 4.98 Å². The van der Waals surface area contributed by atoms with Crippen LogP contribution in [0.15, 0.2) is 0 Å². The van der Waals surface area contributed by atoms with Crippen LogP contribution in [0.2, 0.25) is 0 Å². The smallest absolute Gasteiger partial charge is 0.218 e. The van der Waals surface area contributed by atoms with Gasteiger partial charge in [0.25, 0.3) is 0 Å². The third kappa shape index (κ3) is 4.18. The Kier molecular flexibility index (Phi) is 5.74. The molecule has 0 saturated carbocycles. The predicted octanol–water partition coefficient (Wildman–Crippen LogP) is 2.27. The molecule has 0 bridgehead atoms. The molecule has 0 fully saturated rings. The van der Waals surface area contributed by atoms with Crippen LogP contribution in [0.3, 0.4) is 0 Å². The summed E-state index contributed by atoms with van der Waals surface area (Å²) in [5.41, 5.74) is 0.988. The van der Waals surface area contributed by atoms with Gasteiger partial charge in [-0.3, -0.25) is 4.79 Å². The summed E-state index contributed by atoms with van der Waals surface area (Å²) >= 11 is 1.55. The molecule has 0 aliphatic carbocycles. The number of aromatic nitrogens is 1. The van der Waals surface area contributed by atoms with Gasteiger partial charge in [0.1, 0.15) is 5.01 Å². The zero-order valence-corrected chi connectivity index (χ0v) is 11.6. The summed E-state index contributed by atoms with van der Waals surface area (Å²) in [7, 11) is 0. The highest BCUT2D eigenvalue weighted by molar-refractivity contribution is 7.11. The first-order valence-corrected chi connectivity index (χ1v) is 6.58. The van der Waals surface area contributed by atoms with Gasteiger partial charge < -0.3 is 9.47 Å². The molecule has 0 aliphatic rings. The number of aryl methyl sites for hydroxylation is 2. The molecular weight excluding hydrogens is 238 g/mol. The molecule has 0 amide bonds. The topological polar surface area (TPSA) is 48.4 Å². The van der Waals surface area contributed by atoms with E-state index in [2.05, 4.69) is 4.98 Å². The van der Waals surface area contributed by atoms with Gasteiger partial charge in [0.2, 0.25) is 6.29 Å². The fraction of sp³-hybridized carbons (Fsp3) is 0.667. The summed E-state index contributed by atoms with van der Waals surface area (Å²) in [5, 5.41) is 0.828. The van der Waals surface area contributed by atoms with Crippen molar-refractivity contribution in [2.75, 3.05) is 13.2 Å². The lowest BCUT2D eigenvalue weighted by atomic mass is 10.3. The number of nitrogens with zero attached hydrogens (tertiary/aromatic N) is 1. The number of hydrogen-bond acceptors (Lipinski definition) is 5. The molecule has 0 N–H and O–H groups in total. The van der Waals surface area contributed by atoms with E-state index in [1.807, 2.05) is 27.7 Å². The number of carbonyl (C=O) groups is 1. The number of hydrogen-bond donors (Lipinski definition) is 0. The molecule has 17 heavy (non-hydrogen) atoms. The van der Waals surface area contributed by atoms with Crippen LogP contribution in [0.25, 0.3) is 0 Å². The van der Waals surface area contributed by atoms with Gasteiger partial charge in [-0.2, -0.15) is 0 Å². The van der Waals surface area contributed by atoms with Gasteiger partial charge in [-0.15, -0.1) is 11.3 Å². The minimum atomic E-state index is -0.755. The van der Waals surface area contributed by atoms with Crippen LogP contribution in [-0.2, 0) is 20.7 Å². The second-order valence-electron chi connectivity index (χ2n) is 3.63. The minimum Gasteiger partial charge on any atom is -0.346 e. The van der Waals surface area contributed by atoms with Gasteiger partial charge in [-0.1, -0.05) is 0 Å². The average Bonchev–Trinajstić information content (AvgIpc) is 2.57. The first-order valence-electron chi connectivity index (χ1n) is 5.77. The number of ether oxygens (including phenoxy) is 2. The van der Waals surface area contributed by atoms with Gasteiger partial charge in [-0.05, 0) is 27.7 Å². The van der Waals surface area contributed by atoms with E-state index in [1.54, 1.807) is 11.3 Å². The van der Waals surface area contributed by atoms with Crippen molar-refractivity contribution < 1.29 is 14.3 Å². The molecule has 0 unspecified atom stereocenters. The first-order chi connectivity index (χ1) is 8.08. The summed E-state index contributed by atoms with van der Waals surface area (Å²) < 4.78 is 10.5. The van der Waals surface area contributed by atoms with Crippen LogP contribution in [0.5, 0.6) is 0 Å². The highest BCUT2D eigenvalue weighted by Crippen LogP contribution is 2.17. The quantitative estimate of drug-likeness (QED) is 0.703. The molecule has 1 heterocycles. The van der Waals surface area contributed by atoms with Crippen molar-refractivity contribution in [2.24, 2.45) is 0 Å². The van der Waals surface area contributed by atoms with Crippen LogP contribution < -0.4 is 0 Å². The zero-order valence-electron chi connectivity index (χ0n) is 10.8. The van der Waals surface area contributed by atoms with Gasteiger partial charge in [-0.25, -0.2) is 4.98 Å². The fourth-order valence-corrected chi connectivity index (χ4v) is 2.33. The molecule has 1 aromatic rings. The minimum absolute atomic E-state index is 0.0672. The van der Waals surface area contributed by atoms with Crippen molar-refractivity contribution in [3.8, 4) is 0 Å². The summed E-state index contributed by atoms with van der Waals surface area (Å²) in [6.07, 6.45) is -0.473. The lowest BCUT2D eigenvalue weighted by Gasteiger charge is -2.14. The van der Waals surface area contributed by atoms with Crippen LogP contribution >= 0.6 is 11.3 Å². The van der Waals surface area contributed by atoms with E-state index in [9.17, 15) is 4.79 Å². The second kappa shape index (κ2) is 6.83. The molecule has 96 valence electrons. The fourth-order valence-electron chi connectivity index (χ4n) is 1.38. The number of ketones is 1. The monoisotopic (exact) mass is 257 g/mol. The lowest BCUT2D eigenvalue weighted by molar-refractivity contribution is -0.167. The summed E-state index contributed by atoms with van der Waals surface area (Å²) in [4.78, 5) is 17.4. The molecule has 0 spiro atoms. The maximum absolute atomic E-state index is 11.9. The molecule has 0 radical (unpaired) electrons. The van der Waals surface area contributed by atoms with Crippen molar-refractivity contribution in [3.63, 3.8) is 0 Å². The molecule has 4 nitrogen and oxygen atoms in total. The van der Waals surface area contributed by atoms with Crippen LogP contribution in [0.1, 0.15) is 29.4 Å². The molecule has 1 aromatic heterocycles. The summed E-state index contributed by atoms with van der Waals surface area (Å²) in [6, 6.07) is 0. The Labute approximate surface area is 106 Å². The van der Waals surface area contributed by atoms with Gasteiger partial charge >= 0.3 is 0 Å². The third-order valence-corrected chi connectivity index (χ3v) is 3.37. The molecule has 0 atom stereocenters. The number of carbonyl (C=O) groups excluding carboxylic acids is 1. The molecule has 0 aliphatic heterocycles. The number of thiazole rings is 1. The Bertz CT molecular complexity index is 350. The van der Waals surface area contributed by atoms with E-state index in [0.717, 1.165) is 15.6 Å². The Morgan fingerprint density at radius 2 is 1.88 bits per heavy atom. The standard InChI is InChI=1S/C12H19NO3S/c1-5-15-12(16-6-2)10(14)7-11-13-8(3)9(4)17-11/h12H,5-7H2,1-4H3. The summed E-state index contributed by atoms with van der Waals surface area (Å²) in [6.45, 7) is 8.57. The summed E-state index contributed by atoms with van der Waals surface area (Å²) in [5.74, 6) is -0.0672. The Morgan fingerprint density at radius 3 is 2.29 bits per heavy atom. The van der Waals surface area contributed by atoms with E-state index >= 15 is 0 Å². The molecule has 0 aromatic carbocycles. The maximum Gasteiger partial charge on any atom is 0.218 e.